The fraction of sp³-hybridized carbons (Fsp3) is 0.615. The lowest BCUT2D eigenvalue weighted by Crippen LogP contribution is -2.33. The summed E-state index contributed by atoms with van der Waals surface area (Å²) in [5, 5.41) is 9.22. The Bertz CT molecular complexity index is 508. The second-order valence-corrected chi connectivity index (χ2v) is 4.84. The molecule has 0 bridgehead atoms. The molecule has 0 radical (unpaired) electrons. The van der Waals surface area contributed by atoms with E-state index >= 15 is 0 Å². The topological polar surface area (TPSA) is 86.3 Å². The highest BCUT2D eigenvalue weighted by atomic mass is 16.3. The highest BCUT2D eigenvalue weighted by Gasteiger charge is 2.13. The van der Waals surface area contributed by atoms with E-state index in [1.54, 1.807) is 27.8 Å². The van der Waals surface area contributed by atoms with Crippen LogP contribution in [0.1, 0.15) is 30.4 Å². The molecule has 1 heterocycles. The molecule has 106 valence electrons. The van der Waals surface area contributed by atoms with Gasteiger partial charge >= 0.3 is 0 Å². The number of hydrogen-bond acceptors (Lipinski definition) is 4. The number of aromatic nitrogens is 2. The molecule has 2 N–H and O–H groups in total. The van der Waals surface area contributed by atoms with Crippen LogP contribution < -0.4 is 5.56 Å². The lowest BCUT2D eigenvalue weighted by atomic mass is 10.1. The van der Waals surface area contributed by atoms with Crippen LogP contribution in [0, 0.1) is 13.8 Å². The van der Waals surface area contributed by atoms with Gasteiger partial charge in [-0.1, -0.05) is 0 Å². The minimum atomic E-state index is -0.555. The number of likely N-dealkylation sites (N-methyl/N-ethyl adjacent to an activating group) is 1. The first-order chi connectivity index (χ1) is 8.81. The third-order valence-corrected chi connectivity index (χ3v) is 2.89. The van der Waals surface area contributed by atoms with Crippen molar-refractivity contribution in [2.45, 2.75) is 39.7 Å². The Morgan fingerprint density at radius 3 is 2.63 bits per heavy atom. The van der Waals surface area contributed by atoms with Crippen molar-refractivity contribution in [2.75, 3.05) is 13.6 Å². The zero-order chi connectivity index (χ0) is 14.6. The van der Waals surface area contributed by atoms with Crippen LogP contribution in [0.5, 0.6) is 0 Å². The van der Waals surface area contributed by atoms with Crippen molar-refractivity contribution >= 4 is 5.91 Å². The van der Waals surface area contributed by atoms with E-state index in [0.29, 0.717) is 30.0 Å². The van der Waals surface area contributed by atoms with E-state index in [9.17, 15) is 14.7 Å². The number of hydrogen-bond donors (Lipinski definition) is 2. The van der Waals surface area contributed by atoms with Crippen molar-refractivity contribution in [3.63, 3.8) is 0 Å². The van der Waals surface area contributed by atoms with Gasteiger partial charge in [0.05, 0.1) is 6.10 Å². The van der Waals surface area contributed by atoms with Crippen molar-refractivity contribution in [1.29, 1.82) is 0 Å². The summed E-state index contributed by atoms with van der Waals surface area (Å²) < 4.78 is 0. The Labute approximate surface area is 112 Å². The number of rotatable bonds is 5. The van der Waals surface area contributed by atoms with Gasteiger partial charge in [-0.25, -0.2) is 4.98 Å². The number of amides is 1. The molecule has 0 saturated heterocycles. The van der Waals surface area contributed by atoms with Gasteiger partial charge in [0, 0.05) is 31.3 Å². The summed E-state index contributed by atoms with van der Waals surface area (Å²) in [5.74, 6) is 0.476. The molecule has 0 saturated carbocycles. The van der Waals surface area contributed by atoms with E-state index < -0.39 is 6.10 Å². The van der Waals surface area contributed by atoms with Crippen LogP contribution in [-0.4, -0.2) is 45.6 Å². The summed E-state index contributed by atoms with van der Waals surface area (Å²) in [6.07, 6.45) is 0.0371. The SMILES string of the molecule is Cc1nc(C)c(CCC(=O)N(C)CC(C)O)c(=O)[nH]1. The fourth-order valence-electron chi connectivity index (χ4n) is 1.97. The van der Waals surface area contributed by atoms with Crippen molar-refractivity contribution in [3.8, 4) is 0 Å². The molecule has 6 nitrogen and oxygen atoms in total. The number of carbonyl (C=O) groups excluding carboxylic acids is 1. The lowest BCUT2D eigenvalue weighted by molar-refractivity contribution is -0.131. The number of aromatic amines is 1. The van der Waals surface area contributed by atoms with Crippen LogP contribution in [0.2, 0.25) is 0 Å². The Morgan fingerprint density at radius 1 is 1.47 bits per heavy atom. The molecule has 0 fully saturated rings. The van der Waals surface area contributed by atoms with Crippen LogP contribution in [0.4, 0.5) is 0 Å². The largest absolute Gasteiger partial charge is 0.392 e. The Morgan fingerprint density at radius 2 is 2.11 bits per heavy atom. The smallest absolute Gasteiger partial charge is 0.254 e. The maximum atomic E-state index is 11.8. The third kappa shape index (κ3) is 4.48. The molecule has 0 aliphatic heterocycles. The third-order valence-electron chi connectivity index (χ3n) is 2.89. The molecule has 1 aromatic rings. The van der Waals surface area contributed by atoms with Crippen molar-refractivity contribution in [3.05, 3.63) is 27.4 Å². The highest BCUT2D eigenvalue weighted by Crippen LogP contribution is 2.04. The number of aliphatic hydroxyl groups is 1. The molecule has 1 unspecified atom stereocenters. The minimum absolute atomic E-state index is 0.0970. The molecule has 0 spiro atoms. The quantitative estimate of drug-likeness (QED) is 0.795. The van der Waals surface area contributed by atoms with Crippen LogP contribution in [0.25, 0.3) is 0 Å². The van der Waals surface area contributed by atoms with Gasteiger partial charge in [-0.05, 0) is 27.2 Å². The van der Waals surface area contributed by atoms with Crippen molar-refractivity contribution in [2.24, 2.45) is 0 Å². The molecule has 0 aliphatic rings. The Kier molecular flexibility index (Phi) is 5.23. The molecule has 1 atom stereocenters. The average molecular weight is 267 g/mol. The summed E-state index contributed by atoms with van der Waals surface area (Å²) >= 11 is 0. The van der Waals surface area contributed by atoms with E-state index in [2.05, 4.69) is 9.97 Å². The molecule has 1 aromatic heterocycles. The van der Waals surface area contributed by atoms with E-state index in [-0.39, 0.29) is 17.9 Å². The van der Waals surface area contributed by atoms with Gasteiger partial charge in [-0.3, -0.25) is 9.59 Å². The van der Waals surface area contributed by atoms with Crippen LogP contribution in [0.3, 0.4) is 0 Å². The molecular weight excluding hydrogens is 246 g/mol. The summed E-state index contributed by atoms with van der Waals surface area (Å²) in [6.45, 7) is 5.41. The van der Waals surface area contributed by atoms with Gasteiger partial charge in [0.25, 0.3) is 5.56 Å². The number of nitrogens with one attached hydrogen (secondary N) is 1. The fourth-order valence-corrected chi connectivity index (χ4v) is 1.97. The second-order valence-electron chi connectivity index (χ2n) is 4.84. The molecule has 1 amide bonds. The number of H-pyrrole nitrogens is 1. The first-order valence-corrected chi connectivity index (χ1v) is 6.29. The lowest BCUT2D eigenvalue weighted by Gasteiger charge is -2.18. The minimum Gasteiger partial charge on any atom is -0.392 e. The average Bonchev–Trinajstić information content (AvgIpc) is 2.26. The number of carbonyl (C=O) groups is 1. The maximum absolute atomic E-state index is 11.8. The zero-order valence-corrected chi connectivity index (χ0v) is 11.9. The monoisotopic (exact) mass is 267 g/mol. The van der Waals surface area contributed by atoms with Gasteiger partial charge < -0.3 is 15.0 Å². The van der Waals surface area contributed by atoms with Gasteiger partial charge in [-0.2, -0.15) is 0 Å². The number of nitrogens with zero attached hydrogens (tertiary/aromatic N) is 2. The Hall–Kier alpha value is -1.69. The zero-order valence-electron chi connectivity index (χ0n) is 11.9. The van der Waals surface area contributed by atoms with Crippen LogP contribution >= 0.6 is 0 Å². The van der Waals surface area contributed by atoms with Gasteiger partial charge in [0.1, 0.15) is 5.82 Å². The predicted octanol–water partition coefficient (Wildman–Crippen LogP) is 0.159. The van der Waals surface area contributed by atoms with Crippen LogP contribution in [-0.2, 0) is 11.2 Å². The van der Waals surface area contributed by atoms with E-state index in [1.807, 2.05) is 0 Å². The molecule has 1 rings (SSSR count). The summed E-state index contributed by atoms with van der Waals surface area (Å²) in [4.78, 5) is 31.9. The molecule has 19 heavy (non-hydrogen) atoms. The Balaban J connectivity index is 2.68. The van der Waals surface area contributed by atoms with Crippen molar-refractivity contribution in [1.82, 2.24) is 14.9 Å². The van der Waals surface area contributed by atoms with Gasteiger partial charge in [0.15, 0.2) is 0 Å². The summed E-state index contributed by atoms with van der Waals surface area (Å²) in [6, 6.07) is 0. The van der Waals surface area contributed by atoms with Crippen molar-refractivity contribution < 1.29 is 9.90 Å². The predicted molar refractivity (Wildman–Crippen MR) is 72.0 cm³/mol. The van der Waals surface area contributed by atoms with Crippen LogP contribution in [0.15, 0.2) is 4.79 Å². The van der Waals surface area contributed by atoms with E-state index in [4.69, 9.17) is 0 Å². The normalized spacial score (nSPS) is 12.3. The van der Waals surface area contributed by atoms with E-state index in [0.717, 1.165) is 0 Å². The summed E-state index contributed by atoms with van der Waals surface area (Å²) in [7, 11) is 1.64. The first-order valence-electron chi connectivity index (χ1n) is 6.29. The number of aryl methyl sites for hydroxylation is 2. The summed E-state index contributed by atoms with van der Waals surface area (Å²) in [5.41, 5.74) is 1.02. The maximum Gasteiger partial charge on any atom is 0.254 e. The second kappa shape index (κ2) is 6.47. The number of aliphatic hydroxyl groups excluding tert-OH is 1. The molecule has 0 aromatic carbocycles. The molecule has 0 aliphatic carbocycles. The standard InChI is InChI=1S/C13H21N3O3/c1-8(17)7-16(4)12(18)6-5-11-9(2)14-10(3)15-13(11)19/h8,17H,5-7H2,1-4H3,(H,14,15,19). The molecular formula is C13H21N3O3. The first kappa shape index (κ1) is 15.4. The highest BCUT2D eigenvalue weighted by molar-refractivity contribution is 5.76. The molecule has 6 heteroatoms. The van der Waals surface area contributed by atoms with Gasteiger partial charge in [-0.15, -0.1) is 0 Å². The van der Waals surface area contributed by atoms with Gasteiger partial charge in [0.2, 0.25) is 5.91 Å². The van der Waals surface area contributed by atoms with E-state index in [1.165, 1.54) is 4.90 Å².